The third-order valence-electron chi connectivity index (χ3n) is 2.74. The molecule has 2 atom stereocenters. The molecule has 3 N–H and O–H groups in total. The minimum absolute atomic E-state index is 0.351. The lowest BCUT2D eigenvalue weighted by Crippen LogP contribution is -2.28. The quantitative estimate of drug-likeness (QED) is 0.805. The van der Waals surface area contributed by atoms with Crippen molar-refractivity contribution in [1.82, 2.24) is 0 Å². The second kappa shape index (κ2) is 3.89. The Morgan fingerprint density at radius 2 is 2.00 bits per heavy atom. The molecule has 0 spiro atoms. The molecular weight excluding hydrogens is 198 g/mol. The van der Waals surface area contributed by atoms with Gasteiger partial charge < -0.3 is 10.8 Å². The summed E-state index contributed by atoms with van der Waals surface area (Å²) >= 11 is 6.00. The highest BCUT2D eigenvalue weighted by atomic mass is 35.5. The van der Waals surface area contributed by atoms with Crippen LogP contribution in [0.2, 0.25) is 5.02 Å². The largest absolute Gasteiger partial charge is 0.391 e. The monoisotopic (exact) mass is 211 g/mol. The highest BCUT2D eigenvalue weighted by molar-refractivity contribution is 6.31. The Balaban J connectivity index is 2.17. The molecule has 1 aromatic carbocycles. The Bertz CT molecular complexity index is 325. The molecule has 0 aliphatic heterocycles. The molecule has 2 rings (SSSR count). The number of halogens is 1. The van der Waals surface area contributed by atoms with Crippen LogP contribution in [0, 0.1) is 5.92 Å². The minimum atomic E-state index is -0.449. The van der Waals surface area contributed by atoms with Gasteiger partial charge in [-0.15, -0.1) is 0 Å². The fourth-order valence-corrected chi connectivity index (χ4v) is 1.92. The first kappa shape index (κ1) is 9.97. The van der Waals surface area contributed by atoms with Crippen LogP contribution in [0.3, 0.4) is 0 Å². The molecule has 14 heavy (non-hydrogen) atoms. The minimum Gasteiger partial charge on any atom is -0.391 e. The van der Waals surface area contributed by atoms with E-state index in [0.29, 0.717) is 10.9 Å². The molecule has 0 amide bonds. The van der Waals surface area contributed by atoms with Gasteiger partial charge in [-0.05, 0) is 30.4 Å². The highest BCUT2D eigenvalue weighted by Crippen LogP contribution is 2.38. The molecule has 2 nitrogen and oxygen atoms in total. The van der Waals surface area contributed by atoms with Crippen molar-refractivity contribution >= 4 is 11.6 Å². The van der Waals surface area contributed by atoms with Crippen molar-refractivity contribution in [1.29, 1.82) is 0 Å². The summed E-state index contributed by atoms with van der Waals surface area (Å²) in [6.07, 6.45) is 1.72. The number of aliphatic hydroxyl groups excluding tert-OH is 1. The second-order valence-corrected chi connectivity index (χ2v) is 4.28. The summed E-state index contributed by atoms with van der Waals surface area (Å²) in [4.78, 5) is 0. The number of hydrogen-bond acceptors (Lipinski definition) is 2. The van der Waals surface area contributed by atoms with Crippen molar-refractivity contribution in [2.45, 2.75) is 25.0 Å². The maximum absolute atomic E-state index is 9.85. The van der Waals surface area contributed by atoms with Crippen molar-refractivity contribution in [2.75, 3.05) is 0 Å². The van der Waals surface area contributed by atoms with E-state index in [1.165, 1.54) is 0 Å². The van der Waals surface area contributed by atoms with Gasteiger partial charge >= 0.3 is 0 Å². The molecule has 76 valence electrons. The predicted octanol–water partition coefficient (Wildman–Crippen LogP) is 2.11. The van der Waals surface area contributed by atoms with Crippen LogP contribution in [0.4, 0.5) is 0 Å². The van der Waals surface area contributed by atoms with Gasteiger partial charge in [0.2, 0.25) is 0 Å². The van der Waals surface area contributed by atoms with Crippen molar-refractivity contribution in [3.05, 3.63) is 34.9 Å². The van der Waals surface area contributed by atoms with Crippen LogP contribution in [0.5, 0.6) is 0 Å². The number of hydrogen-bond donors (Lipinski definition) is 2. The lowest BCUT2D eigenvalue weighted by molar-refractivity contribution is 0.122. The molecule has 0 heterocycles. The molecule has 1 aromatic rings. The Morgan fingerprint density at radius 3 is 2.57 bits per heavy atom. The molecule has 1 aliphatic carbocycles. The maximum Gasteiger partial charge on any atom is 0.0761 e. The van der Waals surface area contributed by atoms with Gasteiger partial charge in [-0.3, -0.25) is 0 Å². The molecule has 0 radical (unpaired) electrons. The van der Waals surface area contributed by atoms with Gasteiger partial charge in [-0.2, -0.15) is 0 Å². The van der Waals surface area contributed by atoms with Gasteiger partial charge in [-0.1, -0.05) is 29.8 Å². The van der Waals surface area contributed by atoms with Crippen molar-refractivity contribution in [3.63, 3.8) is 0 Å². The van der Waals surface area contributed by atoms with Crippen LogP contribution in [0.1, 0.15) is 24.4 Å². The number of rotatable bonds is 3. The van der Waals surface area contributed by atoms with Gasteiger partial charge in [0.25, 0.3) is 0 Å². The van der Waals surface area contributed by atoms with E-state index in [1.54, 1.807) is 6.07 Å². The smallest absolute Gasteiger partial charge is 0.0761 e. The average molecular weight is 212 g/mol. The van der Waals surface area contributed by atoms with Gasteiger partial charge in [0, 0.05) is 5.02 Å². The fraction of sp³-hybridized carbons (Fsp3) is 0.455. The fourth-order valence-electron chi connectivity index (χ4n) is 1.66. The summed E-state index contributed by atoms with van der Waals surface area (Å²) in [7, 11) is 0. The van der Waals surface area contributed by atoms with E-state index in [2.05, 4.69) is 0 Å². The first-order valence-corrected chi connectivity index (χ1v) is 5.26. The van der Waals surface area contributed by atoms with E-state index >= 15 is 0 Å². The number of aliphatic hydroxyl groups is 1. The Kier molecular flexibility index (Phi) is 2.77. The summed E-state index contributed by atoms with van der Waals surface area (Å²) in [6, 6.07) is 7.08. The maximum atomic E-state index is 9.85. The number of nitrogens with two attached hydrogens (primary N) is 1. The standard InChI is InChI=1S/C11H14ClNO/c12-9-4-2-1-3-8(9)10(13)11(14)7-5-6-7/h1-4,7,10-11,14H,5-6,13H2/t10-,11+/m1/s1. The molecule has 0 bridgehead atoms. The Morgan fingerprint density at radius 1 is 1.36 bits per heavy atom. The second-order valence-electron chi connectivity index (χ2n) is 3.88. The summed E-state index contributed by atoms with van der Waals surface area (Å²) in [5.74, 6) is 0.376. The molecule has 0 saturated heterocycles. The van der Waals surface area contributed by atoms with E-state index < -0.39 is 6.10 Å². The molecule has 1 fully saturated rings. The summed E-state index contributed by atoms with van der Waals surface area (Å²) in [5.41, 5.74) is 6.79. The van der Waals surface area contributed by atoms with E-state index in [-0.39, 0.29) is 6.04 Å². The van der Waals surface area contributed by atoms with Gasteiger partial charge in [0.15, 0.2) is 0 Å². The normalized spacial score (nSPS) is 20.5. The summed E-state index contributed by atoms with van der Waals surface area (Å²) in [5, 5.41) is 10.5. The van der Waals surface area contributed by atoms with Crippen LogP contribution in [-0.2, 0) is 0 Å². The van der Waals surface area contributed by atoms with Crippen LogP contribution in [-0.4, -0.2) is 11.2 Å². The first-order valence-electron chi connectivity index (χ1n) is 4.88. The van der Waals surface area contributed by atoms with Gasteiger partial charge in [0.1, 0.15) is 0 Å². The van der Waals surface area contributed by atoms with Crippen LogP contribution < -0.4 is 5.73 Å². The van der Waals surface area contributed by atoms with Crippen LogP contribution >= 0.6 is 11.6 Å². The molecule has 3 heteroatoms. The van der Waals surface area contributed by atoms with Crippen molar-refractivity contribution < 1.29 is 5.11 Å². The third-order valence-corrected chi connectivity index (χ3v) is 3.08. The number of benzene rings is 1. The molecule has 1 saturated carbocycles. The predicted molar refractivity (Wildman–Crippen MR) is 57.1 cm³/mol. The summed E-state index contributed by atoms with van der Waals surface area (Å²) < 4.78 is 0. The molecule has 1 aliphatic rings. The highest BCUT2D eigenvalue weighted by Gasteiger charge is 2.34. The molecular formula is C11H14ClNO. The van der Waals surface area contributed by atoms with Crippen LogP contribution in [0.15, 0.2) is 24.3 Å². The SMILES string of the molecule is N[C@H](c1ccccc1Cl)[C@@H](O)C1CC1. The average Bonchev–Trinajstić information content (AvgIpc) is 3.00. The van der Waals surface area contributed by atoms with Gasteiger partial charge in [-0.25, -0.2) is 0 Å². The van der Waals surface area contributed by atoms with Crippen LogP contribution in [0.25, 0.3) is 0 Å². The van der Waals surface area contributed by atoms with E-state index in [4.69, 9.17) is 17.3 Å². The molecule has 0 aromatic heterocycles. The Hall–Kier alpha value is -0.570. The van der Waals surface area contributed by atoms with E-state index in [0.717, 1.165) is 18.4 Å². The zero-order valence-corrected chi connectivity index (χ0v) is 8.61. The van der Waals surface area contributed by atoms with Crippen molar-refractivity contribution in [3.8, 4) is 0 Å². The summed E-state index contributed by atoms with van der Waals surface area (Å²) in [6.45, 7) is 0. The molecule has 0 unspecified atom stereocenters. The van der Waals surface area contributed by atoms with E-state index in [9.17, 15) is 5.11 Å². The first-order chi connectivity index (χ1) is 6.70. The third kappa shape index (κ3) is 1.92. The zero-order chi connectivity index (χ0) is 10.1. The van der Waals surface area contributed by atoms with Gasteiger partial charge in [0.05, 0.1) is 12.1 Å². The van der Waals surface area contributed by atoms with Crippen molar-refractivity contribution in [2.24, 2.45) is 11.7 Å². The zero-order valence-electron chi connectivity index (χ0n) is 7.86. The Labute approximate surface area is 88.7 Å². The lowest BCUT2D eigenvalue weighted by atomic mass is 9.99. The topological polar surface area (TPSA) is 46.2 Å². The van der Waals surface area contributed by atoms with E-state index in [1.807, 2.05) is 18.2 Å². The lowest BCUT2D eigenvalue weighted by Gasteiger charge is -2.19.